The number of hydrogen-bond donors (Lipinski definition) is 1. The Labute approximate surface area is 127 Å². The van der Waals surface area contributed by atoms with E-state index in [0.29, 0.717) is 0 Å². The molecule has 0 aromatic carbocycles. The Morgan fingerprint density at radius 3 is 1.38 bits per heavy atom. The molecule has 21 heavy (non-hydrogen) atoms. The molecule has 0 unspecified atom stereocenters. The van der Waals surface area contributed by atoms with Gasteiger partial charge in [-0.05, 0) is 24.3 Å². The van der Waals surface area contributed by atoms with Gasteiger partial charge < -0.3 is 5.32 Å². The van der Waals surface area contributed by atoms with Gasteiger partial charge in [-0.2, -0.15) is 0 Å². The monoisotopic (exact) mass is 283 g/mol. The molecule has 0 aliphatic heterocycles. The summed E-state index contributed by atoms with van der Waals surface area (Å²) >= 11 is 0. The molecule has 0 aliphatic carbocycles. The van der Waals surface area contributed by atoms with E-state index in [1.807, 2.05) is 24.3 Å². The number of pyridine rings is 2. The van der Waals surface area contributed by atoms with Crippen LogP contribution in [0.15, 0.2) is 36.4 Å². The van der Waals surface area contributed by atoms with Crippen molar-refractivity contribution in [2.75, 3.05) is 5.32 Å². The van der Waals surface area contributed by atoms with E-state index in [1.165, 1.54) is 0 Å². The largest absolute Gasteiger partial charge is 0.325 e. The molecule has 112 valence electrons. The summed E-state index contributed by atoms with van der Waals surface area (Å²) in [5.74, 6) is 1.67. The number of nitrogens with zero attached hydrogens (tertiary/aromatic N) is 2. The van der Waals surface area contributed by atoms with E-state index in [2.05, 4.69) is 69.0 Å². The van der Waals surface area contributed by atoms with Gasteiger partial charge in [-0.25, -0.2) is 9.97 Å². The molecule has 0 saturated carbocycles. The van der Waals surface area contributed by atoms with E-state index in [-0.39, 0.29) is 10.8 Å². The van der Waals surface area contributed by atoms with Crippen LogP contribution in [0.1, 0.15) is 52.9 Å². The van der Waals surface area contributed by atoms with Crippen molar-refractivity contribution in [1.29, 1.82) is 0 Å². The molecular formula is C18H25N3. The number of aromatic nitrogens is 2. The van der Waals surface area contributed by atoms with Gasteiger partial charge in [0.2, 0.25) is 0 Å². The number of anilines is 2. The zero-order chi connectivity index (χ0) is 15.7. The third kappa shape index (κ3) is 4.03. The summed E-state index contributed by atoms with van der Waals surface area (Å²) < 4.78 is 0. The van der Waals surface area contributed by atoms with Crippen molar-refractivity contribution in [3.05, 3.63) is 47.8 Å². The van der Waals surface area contributed by atoms with Crippen LogP contribution in [0.3, 0.4) is 0 Å². The molecule has 0 fully saturated rings. The lowest BCUT2D eigenvalue weighted by Crippen LogP contribution is -2.15. The van der Waals surface area contributed by atoms with Gasteiger partial charge in [0, 0.05) is 22.2 Å². The van der Waals surface area contributed by atoms with Crippen LogP contribution in [0.4, 0.5) is 11.6 Å². The summed E-state index contributed by atoms with van der Waals surface area (Å²) in [6, 6.07) is 12.1. The van der Waals surface area contributed by atoms with Crippen LogP contribution in [-0.2, 0) is 10.8 Å². The van der Waals surface area contributed by atoms with E-state index >= 15 is 0 Å². The minimum absolute atomic E-state index is 0.0401. The van der Waals surface area contributed by atoms with Gasteiger partial charge in [-0.15, -0.1) is 0 Å². The molecule has 0 aliphatic rings. The van der Waals surface area contributed by atoms with Gasteiger partial charge in [0.15, 0.2) is 0 Å². The van der Waals surface area contributed by atoms with Crippen LogP contribution in [0.5, 0.6) is 0 Å². The third-order valence-electron chi connectivity index (χ3n) is 3.29. The topological polar surface area (TPSA) is 37.8 Å². The molecule has 2 aromatic heterocycles. The maximum absolute atomic E-state index is 4.68. The highest BCUT2D eigenvalue weighted by molar-refractivity contribution is 5.52. The fourth-order valence-electron chi connectivity index (χ4n) is 1.98. The Balaban J connectivity index is 2.27. The summed E-state index contributed by atoms with van der Waals surface area (Å²) in [6.45, 7) is 13.0. The molecule has 0 bridgehead atoms. The lowest BCUT2D eigenvalue weighted by atomic mass is 9.91. The molecule has 0 atom stereocenters. The van der Waals surface area contributed by atoms with E-state index in [9.17, 15) is 0 Å². The zero-order valence-corrected chi connectivity index (χ0v) is 13.9. The molecule has 2 rings (SSSR count). The maximum Gasteiger partial charge on any atom is 0.131 e. The summed E-state index contributed by atoms with van der Waals surface area (Å²) in [5.41, 5.74) is 2.22. The first kappa shape index (κ1) is 15.5. The Morgan fingerprint density at radius 1 is 0.667 bits per heavy atom. The fourth-order valence-corrected chi connectivity index (χ4v) is 1.98. The van der Waals surface area contributed by atoms with Crippen molar-refractivity contribution < 1.29 is 0 Å². The predicted octanol–water partition coefficient (Wildman–Crippen LogP) is 4.82. The standard InChI is InChI=1S/C18H25N3/c1-17(2,3)13-9-7-11-15(19-13)21-16-12-8-10-14(20-16)18(4,5)6/h7-12H,1-6H3,(H,19,20,21). The Bertz CT molecular complexity index is 563. The third-order valence-corrected chi connectivity index (χ3v) is 3.29. The molecule has 0 amide bonds. The first-order valence-corrected chi connectivity index (χ1v) is 7.38. The Kier molecular flexibility index (Phi) is 4.04. The van der Waals surface area contributed by atoms with Gasteiger partial charge in [-0.3, -0.25) is 0 Å². The van der Waals surface area contributed by atoms with Crippen LogP contribution in [0, 0.1) is 0 Å². The number of hydrogen-bond acceptors (Lipinski definition) is 3. The first-order chi connectivity index (χ1) is 9.66. The highest BCUT2D eigenvalue weighted by atomic mass is 15.1. The van der Waals surface area contributed by atoms with Crippen molar-refractivity contribution in [1.82, 2.24) is 9.97 Å². The second-order valence-corrected chi connectivity index (χ2v) is 7.44. The Hall–Kier alpha value is -1.90. The molecule has 3 nitrogen and oxygen atoms in total. The number of nitrogens with one attached hydrogen (secondary N) is 1. The molecule has 3 heteroatoms. The van der Waals surface area contributed by atoms with E-state index in [0.717, 1.165) is 23.0 Å². The van der Waals surface area contributed by atoms with Crippen molar-refractivity contribution in [2.45, 2.75) is 52.4 Å². The van der Waals surface area contributed by atoms with Crippen molar-refractivity contribution in [3.63, 3.8) is 0 Å². The molecule has 0 radical (unpaired) electrons. The predicted molar refractivity (Wildman–Crippen MR) is 89.2 cm³/mol. The molecule has 2 heterocycles. The minimum Gasteiger partial charge on any atom is -0.325 e. The van der Waals surface area contributed by atoms with E-state index in [1.54, 1.807) is 0 Å². The van der Waals surface area contributed by atoms with Crippen LogP contribution in [0.25, 0.3) is 0 Å². The van der Waals surface area contributed by atoms with Crippen LogP contribution in [0.2, 0.25) is 0 Å². The van der Waals surface area contributed by atoms with Gasteiger partial charge in [0.25, 0.3) is 0 Å². The van der Waals surface area contributed by atoms with E-state index < -0.39 is 0 Å². The molecular weight excluding hydrogens is 258 g/mol. The molecule has 0 spiro atoms. The summed E-state index contributed by atoms with van der Waals surface area (Å²) in [6.07, 6.45) is 0. The minimum atomic E-state index is 0.0401. The highest BCUT2D eigenvalue weighted by Gasteiger charge is 2.17. The van der Waals surface area contributed by atoms with Gasteiger partial charge in [0.1, 0.15) is 11.6 Å². The summed E-state index contributed by atoms with van der Waals surface area (Å²) in [4.78, 5) is 9.36. The van der Waals surface area contributed by atoms with Gasteiger partial charge in [0.05, 0.1) is 0 Å². The maximum atomic E-state index is 4.68. The molecule has 0 saturated heterocycles. The van der Waals surface area contributed by atoms with Gasteiger partial charge >= 0.3 is 0 Å². The summed E-state index contributed by atoms with van der Waals surface area (Å²) in [7, 11) is 0. The highest BCUT2D eigenvalue weighted by Crippen LogP contribution is 2.24. The van der Waals surface area contributed by atoms with Crippen LogP contribution in [-0.4, -0.2) is 9.97 Å². The second kappa shape index (κ2) is 5.47. The van der Waals surface area contributed by atoms with Gasteiger partial charge in [-0.1, -0.05) is 53.7 Å². The van der Waals surface area contributed by atoms with Crippen LogP contribution >= 0.6 is 0 Å². The molecule has 1 N–H and O–H groups in total. The Morgan fingerprint density at radius 2 is 1.05 bits per heavy atom. The average molecular weight is 283 g/mol. The zero-order valence-electron chi connectivity index (χ0n) is 13.9. The normalized spacial score (nSPS) is 12.3. The SMILES string of the molecule is CC(C)(C)c1cccc(Nc2cccc(C(C)(C)C)n2)n1. The van der Waals surface area contributed by atoms with Crippen molar-refractivity contribution in [2.24, 2.45) is 0 Å². The second-order valence-electron chi connectivity index (χ2n) is 7.44. The smallest absolute Gasteiger partial charge is 0.131 e. The average Bonchev–Trinajstić information content (AvgIpc) is 2.37. The van der Waals surface area contributed by atoms with Crippen molar-refractivity contribution >= 4 is 11.6 Å². The quantitative estimate of drug-likeness (QED) is 0.859. The first-order valence-electron chi connectivity index (χ1n) is 7.38. The van der Waals surface area contributed by atoms with Crippen LogP contribution < -0.4 is 5.32 Å². The lowest BCUT2D eigenvalue weighted by molar-refractivity contribution is 0.568. The molecule has 2 aromatic rings. The van der Waals surface area contributed by atoms with E-state index in [4.69, 9.17) is 0 Å². The fraction of sp³-hybridized carbons (Fsp3) is 0.444. The van der Waals surface area contributed by atoms with Crippen molar-refractivity contribution in [3.8, 4) is 0 Å². The number of rotatable bonds is 2. The summed E-state index contributed by atoms with van der Waals surface area (Å²) in [5, 5.41) is 3.31. The lowest BCUT2D eigenvalue weighted by Gasteiger charge is -2.20.